The Balaban J connectivity index is 1.27. The molecule has 0 atom stereocenters. The molecule has 0 unspecified atom stereocenters. The standard InChI is InChI=1S/C36H43F11O3/c1-2-3-4-5-6-7-8-9-22-10-12-23(13-11-22)34(42,43)49-26-18-28(37)32(29(38)19-26)36(46,47)48-25-16-14-24(15-17-25)35(44,45)50-27-20-30(39)33(41)31(40)21-27/h18-25H,2-17H2,1H3. The van der Waals surface area contributed by atoms with Crippen LogP contribution in [0.3, 0.4) is 0 Å². The van der Waals surface area contributed by atoms with Gasteiger partial charge in [-0.2, -0.15) is 26.3 Å². The molecule has 4 rings (SSSR count). The van der Waals surface area contributed by atoms with Gasteiger partial charge in [0.2, 0.25) is 0 Å². The molecule has 3 nitrogen and oxygen atoms in total. The molecule has 50 heavy (non-hydrogen) atoms. The number of unbranched alkanes of at least 4 members (excludes halogenated alkanes) is 6. The van der Waals surface area contributed by atoms with E-state index >= 15 is 17.6 Å². The lowest BCUT2D eigenvalue weighted by Gasteiger charge is -2.34. The molecule has 0 bridgehead atoms. The minimum Gasteiger partial charge on any atom is -0.432 e. The fourth-order valence-corrected chi connectivity index (χ4v) is 6.92. The summed E-state index contributed by atoms with van der Waals surface area (Å²) in [7, 11) is 0. The summed E-state index contributed by atoms with van der Waals surface area (Å²) in [5.74, 6) is -13.7. The van der Waals surface area contributed by atoms with Crippen LogP contribution >= 0.6 is 0 Å². The van der Waals surface area contributed by atoms with Gasteiger partial charge in [0.05, 0.1) is 17.9 Å². The topological polar surface area (TPSA) is 27.7 Å². The highest BCUT2D eigenvalue weighted by Gasteiger charge is 2.48. The number of halogens is 11. The van der Waals surface area contributed by atoms with Crippen molar-refractivity contribution in [3.05, 3.63) is 58.9 Å². The third kappa shape index (κ3) is 10.6. The first kappa shape index (κ1) is 40.0. The summed E-state index contributed by atoms with van der Waals surface area (Å²) in [6.45, 7) is 2.15. The largest absolute Gasteiger partial charge is 0.432 e. The van der Waals surface area contributed by atoms with Gasteiger partial charge < -0.3 is 14.2 Å². The van der Waals surface area contributed by atoms with Crippen LogP contribution in [-0.2, 0) is 10.8 Å². The zero-order chi connectivity index (χ0) is 36.7. The second-order valence-electron chi connectivity index (χ2n) is 13.5. The fourth-order valence-electron chi connectivity index (χ4n) is 6.92. The molecule has 0 aromatic heterocycles. The van der Waals surface area contributed by atoms with E-state index in [-0.39, 0.29) is 37.1 Å². The molecular formula is C36H43F11O3. The van der Waals surface area contributed by atoms with Gasteiger partial charge in [-0.25, -0.2) is 22.0 Å². The van der Waals surface area contributed by atoms with Gasteiger partial charge in [0, 0.05) is 24.3 Å². The van der Waals surface area contributed by atoms with E-state index in [1.807, 2.05) is 0 Å². The highest BCUT2D eigenvalue weighted by atomic mass is 19.3. The number of alkyl halides is 6. The van der Waals surface area contributed by atoms with Crippen molar-refractivity contribution in [2.75, 3.05) is 0 Å². The normalized spacial score (nSPS) is 22.1. The van der Waals surface area contributed by atoms with Gasteiger partial charge in [-0.3, -0.25) is 0 Å². The van der Waals surface area contributed by atoms with E-state index in [1.165, 1.54) is 25.7 Å². The molecular weight excluding hydrogens is 689 g/mol. The smallest absolute Gasteiger partial charge is 0.400 e. The van der Waals surface area contributed by atoms with Crippen LogP contribution in [0.1, 0.15) is 115 Å². The molecule has 2 aliphatic carbocycles. The van der Waals surface area contributed by atoms with Gasteiger partial charge in [0.1, 0.15) is 28.7 Å². The molecule has 2 aromatic rings. The zero-order valence-electron chi connectivity index (χ0n) is 27.8. The molecule has 14 heteroatoms. The lowest BCUT2D eigenvalue weighted by Crippen LogP contribution is -2.40. The van der Waals surface area contributed by atoms with E-state index in [0.29, 0.717) is 18.8 Å². The highest BCUT2D eigenvalue weighted by Crippen LogP contribution is 2.45. The average Bonchev–Trinajstić information content (AvgIpc) is 3.02. The molecule has 0 amide bonds. The van der Waals surface area contributed by atoms with Crippen molar-refractivity contribution in [2.45, 2.75) is 134 Å². The Morgan fingerprint density at radius 3 is 1.46 bits per heavy atom. The summed E-state index contributed by atoms with van der Waals surface area (Å²) in [6.07, 6.45) is -5.30. The number of rotatable bonds is 17. The Morgan fingerprint density at radius 2 is 0.980 bits per heavy atom. The van der Waals surface area contributed by atoms with E-state index in [2.05, 4.69) is 21.1 Å². The third-order valence-corrected chi connectivity index (χ3v) is 9.77. The first-order valence-corrected chi connectivity index (χ1v) is 17.4. The van der Waals surface area contributed by atoms with Gasteiger partial charge in [-0.15, -0.1) is 0 Å². The fraction of sp³-hybridized carbons (Fsp3) is 0.667. The van der Waals surface area contributed by atoms with Gasteiger partial charge in [0.25, 0.3) is 0 Å². The summed E-state index contributed by atoms with van der Waals surface area (Å²) in [5.41, 5.74) is -1.85. The lowest BCUT2D eigenvalue weighted by molar-refractivity contribution is -0.287. The molecule has 0 N–H and O–H groups in total. The molecule has 2 saturated carbocycles. The molecule has 2 aliphatic rings. The number of benzene rings is 2. The van der Waals surface area contributed by atoms with E-state index < -0.39 is 108 Å². The summed E-state index contributed by atoms with van der Waals surface area (Å²) >= 11 is 0. The predicted molar refractivity (Wildman–Crippen MR) is 163 cm³/mol. The van der Waals surface area contributed by atoms with E-state index in [1.54, 1.807) is 0 Å². The molecule has 0 saturated heterocycles. The summed E-state index contributed by atoms with van der Waals surface area (Å²) in [4.78, 5) is 0. The molecule has 0 radical (unpaired) electrons. The van der Waals surface area contributed by atoms with Crippen molar-refractivity contribution in [3.63, 3.8) is 0 Å². The Kier molecular flexibility index (Phi) is 13.7. The second kappa shape index (κ2) is 17.2. The van der Waals surface area contributed by atoms with Crippen molar-refractivity contribution in [1.29, 1.82) is 0 Å². The molecule has 0 aliphatic heterocycles. The minimum atomic E-state index is -4.61. The van der Waals surface area contributed by atoms with E-state index in [4.69, 9.17) is 0 Å². The van der Waals surface area contributed by atoms with Crippen LogP contribution in [0.2, 0.25) is 0 Å². The maximum Gasteiger partial charge on any atom is 0.400 e. The Morgan fingerprint density at radius 1 is 0.560 bits per heavy atom. The minimum absolute atomic E-state index is 0.146. The predicted octanol–water partition coefficient (Wildman–Crippen LogP) is 12.6. The van der Waals surface area contributed by atoms with Gasteiger partial charge in [-0.05, 0) is 57.3 Å². The molecule has 282 valence electrons. The van der Waals surface area contributed by atoms with Crippen LogP contribution in [0.5, 0.6) is 11.5 Å². The first-order chi connectivity index (χ1) is 23.5. The van der Waals surface area contributed by atoms with Gasteiger partial charge in [-0.1, -0.05) is 58.3 Å². The first-order valence-electron chi connectivity index (χ1n) is 17.4. The van der Waals surface area contributed by atoms with Crippen LogP contribution < -0.4 is 9.47 Å². The Labute approximate surface area is 284 Å². The average molecular weight is 733 g/mol. The highest BCUT2D eigenvalue weighted by molar-refractivity contribution is 5.33. The Bertz CT molecular complexity index is 1340. The summed E-state index contributed by atoms with van der Waals surface area (Å²) in [5, 5.41) is 0. The third-order valence-electron chi connectivity index (χ3n) is 9.77. The van der Waals surface area contributed by atoms with Gasteiger partial charge in [0.15, 0.2) is 17.5 Å². The molecule has 0 spiro atoms. The van der Waals surface area contributed by atoms with Crippen LogP contribution in [0.4, 0.5) is 48.3 Å². The van der Waals surface area contributed by atoms with Crippen LogP contribution in [0, 0.1) is 46.8 Å². The zero-order valence-corrected chi connectivity index (χ0v) is 27.8. The van der Waals surface area contributed by atoms with Crippen LogP contribution in [-0.4, -0.2) is 18.3 Å². The van der Waals surface area contributed by atoms with Crippen molar-refractivity contribution in [1.82, 2.24) is 0 Å². The summed E-state index contributed by atoms with van der Waals surface area (Å²) in [6, 6.07) is 0.911. The maximum absolute atomic E-state index is 15.0. The molecule has 2 fully saturated rings. The maximum atomic E-state index is 15.0. The van der Waals surface area contributed by atoms with Crippen molar-refractivity contribution < 1.29 is 62.5 Å². The van der Waals surface area contributed by atoms with Crippen molar-refractivity contribution in [3.8, 4) is 11.5 Å². The quantitative estimate of drug-likeness (QED) is 0.0921. The molecule has 2 aromatic carbocycles. The van der Waals surface area contributed by atoms with Crippen molar-refractivity contribution >= 4 is 0 Å². The second-order valence-corrected chi connectivity index (χ2v) is 13.5. The Hall–Kier alpha value is -2.77. The number of hydrogen-bond acceptors (Lipinski definition) is 3. The van der Waals surface area contributed by atoms with E-state index in [9.17, 15) is 30.7 Å². The van der Waals surface area contributed by atoms with Crippen LogP contribution in [0.15, 0.2) is 24.3 Å². The summed E-state index contributed by atoms with van der Waals surface area (Å²) < 4.78 is 173. The molecule has 0 heterocycles. The monoisotopic (exact) mass is 732 g/mol. The number of hydrogen-bond donors (Lipinski definition) is 0. The number of ether oxygens (including phenoxy) is 3. The lowest BCUT2D eigenvalue weighted by atomic mass is 9.79. The van der Waals surface area contributed by atoms with Crippen molar-refractivity contribution in [2.24, 2.45) is 17.8 Å². The van der Waals surface area contributed by atoms with Crippen LogP contribution in [0.25, 0.3) is 0 Å². The SMILES string of the molecule is CCCCCCCCCC1CCC(C(F)(F)Oc2cc(F)c(C(F)(F)OC3CCC(C(F)(F)Oc4cc(F)c(F)c(F)c4)CC3)c(F)c2)CC1. The van der Waals surface area contributed by atoms with Gasteiger partial charge >= 0.3 is 18.3 Å². The van der Waals surface area contributed by atoms with E-state index in [0.717, 1.165) is 25.7 Å².